The zero-order valence-corrected chi connectivity index (χ0v) is 21.3. The second-order valence-electron chi connectivity index (χ2n) is 10.3. The van der Waals surface area contributed by atoms with Gasteiger partial charge in [0, 0.05) is 30.3 Å². The number of nitrogens with zero attached hydrogens (tertiary/aromatic N) is 4. The summed E-state index contributed by atoms with van der Waals surface area (Å²) in [5.74, 6) is -3.26. The molecule has 2 bridgehead atoms. The molecule has 0 N–H and O–H groups in total. The van der Waals surface area contributed by atoms with Gasteiger partial charge in [-0.2, -0.15) is 0 Å². The molecule has 1 fully saturated rings. The third-order valence-electron chi connectivity index (χ3n) is 8.46. The third kappa shape index (κ3) is 3.27. The minimum atomic E-state index is -1.21. The number of imide groups is 1. The lowest BCUT2D eigenvalue weighted by Gasteiger charge is -2.52. The predicted octanol–water partition coefficient (Wildman–Crippen LogP) is 5.46. The van der Waals surface area contributed by atoms with Gasteiger partial charge in [-0.05, 0) is 34.4 Å². The van der Waals surface area contributed by atoms with Gasteiger partial charge < -0.3 is 0 Å². The van der Waals surface area contributed by atoms with Crippen LogP contribution in [0.1, 0.15) is 28.2 Å². The summed E-state index contributed by atoms with van der Waals surface area (Å²) in [5, 5.41) is 23.3. The first-order valence-corrected chi connectivity index (χ1v) is 12.9. The minimum Gasteiger partial charge on any atom is -0.274 e. The summed E-state index contributed by atoms with van der Waals surface area (Å²) >= 11 is 0. The van der Waals surface area contributed by atoms with E-state index in [-0.39, 0.29) is 17.1 Å². The molecule has 0 radical (unpaired) electrons. The van der Waals surface area contributed by atoms with Crippen LogP contribution >= 0.6 is 0 Å². The molecule has 10 heteroatoms. The van der Waals surface area contributed by atoms with Gasteiger partial charge in [-0.25, -0.2) is 4.90 Å². The fourth-order valence-electron chi connectivity index (χ4n) is 6.96. The van der Waals surface area contributed by atoms with E-state index in [1.807, 2.05) is 48.5 Å². The van der Waals surface area contributed by atoms with E-state index < -0.39 is 44.8 Å². The molecule has 4 aliphatic rings. The van der Waals surface area contributed by atoms with Crippen LogP contribution in [0.25, 0.3) is 0 Å². The summed E-state index contributed by atoms with van der Waals surface area (Å²) in [6, 6.07) is 26.8. The largest absolute Gasteiger partial charge is 0.293 e. The van der Waals surface area contributed by atoms with E-state index in [1.165, 1.54) is 36.4 Å². The number of hydrogen-bond donors (Lipinski definition) is 0. The van der Waals surface area contributed by atoms with E-state index in [0.29, 0.717) is 5.69 Å². The van der Waals surface area contributed by atoms with Crippen LogP contribution < -0.4 is 4.90 Å². The number of rotatable bonds is 5. The Bertz CT molecular complexity index is 1800. The highest BCUT2D eigenvalue weighted by Crippen LogP contribution is 2.64. The quantitative estimate of drug-likeness (QED) is 0.142. The van der Waals surface area contributed by atoms with E-state index in [2.05, 4.69) is 4.99 Å². The number of anilines is 1. The average Bonchev–Trinajstić information content (AvgIpc) is 3.26. The van der Waals surface area contributed by atoms with Gasteiger partial charge in [-0.1, -0.05) is 66.7 Å². The van der Waals surface area contributed by atoms with Gasteiger partial charge in [0.1, 0.15) is 5.69 Å². The van der Waals surface area contributed by atoms with Crippen LogP contribution in [0.15, 0.2) is 102 Å². The zero-order chi connectivity index (χ0) is 28.5. The number of nitro groups is 2. The maximum atomic E-state index is 14.4. The number of benzene rings is 4. The first kappa shape index (κ1) is 24.5. The Labute approximate surface area is 232 Å². The normalized spacial score (nSPS) is 23.8. The molecule has 1 heterocycles. The van der Waals surface area contributed by atoms with Gasteiger partial charge in [-0.3, -0.25) is 34.8 Å². The standard InChI is InChI=1S/C31H20N4O6/c36-29-27-26-20-10-1-3-12-22(20)31(23-13-4-2-11-21(23)26,17-32-18-8-7-9-19(16-18)34(38)39)28(27)30(37)33(29)24-14-5-6-15-25(24)35(40)41/h1-17,26-28H/t26?,27-,28+,31?/m1/s1. The molecule has 4 aromatic rings. The minimum absolute atomic E-state index is 0.0693. The topological polar surface area (TPSA) is 136 Å². The van der Waals surface area contributed by atoms with Crippen LogP contribution in [0.5, 0.6) is 0 Å². The van der Waals surface area contributed by atoms with Gasteiger partial charge in [0.25, 0.3) is 11.4 Å². The van der Waals surface area contributed by atoms with Crippen LogP contribution in [0, 0.1) is 32.1 Å². The lowest BCUT2D eigenvalue weighted by atomic mass is 9.47. The van der Waals surface area contributed by atoms with E-state index in [1.54, 1.807) is 18.3 Å². The number of non-ortho nitro benzene ring substituents is 1. The lowest BCUT2D eigenvalue weighted by Crippen LogP contribution is -2.54. The molecule has 3 aliphatic carbocycles. The fraction of sp³-hybridized carbons (Fsp3) is 0.129. The Morgan fingerprint density at radius 3 is 2.05 bits per heavy atom. The van der Waals surface area contributed by atoms with Crippen molar-refractivity contribution in [1.29, 1.82) is 0 Å². The second-order valence-corrected chi connectivity index (χ2v) is 10.3. The molecule has 0 aromatic heterocycles. The Kier molecular flexibility index (Phi) is 5.23. The summed E-state index contributed by atoms with van der Waals surface area (Å²) in [6.45, 7) is 0. The van der Waals surface area contributed by atoms with E-state index in [0.717, 1.165) is 27.2 Å². The van der Waals surface area contributed by atoms with Crippen molar-refractivity contribution in [3.05, 3.63) is 140 Å². The SMILES string of the molecule is O=C1[C@@H]2C3c4ccccc4C(C=Nc4cccc([N+](=O)[O-])c4)(c4ccccc43)[C@@H]2C(=O)N1c1ccccc1[N+](=O)[O-]. The van der Waals surface area contributed by atoms with E-state index >= 15 is 0 Å². The number of para-hydroxylation sites is 2. The van der Waals surface area contributed by atoms with Crippen LogP contribution in [0.2, 0.25) is 0 Å². The van der Waals surface area contributed by atoms with Gasteiger partial charge in [0.2, 0.25) is 11.8 Å². The number of hydrogen-bond acceptors (Lipinski definition) is 7. The third-order valence-corrected chi connectivity index (χ3v) is 8.46. The van der Waals surface area contributed by atoms with Crippen molar-refractivity contribution in [2.24, 2.45) is 16.8 Å². The number of amides is 2. The van der Waals surface area contributed by atoms with Crippen molar-refractivity contribution in [2.45, 2.75) is 11.3 Å². The van der Waals surface area contributed by atoms with Crippen molar-refractivity contribution in [1.82, 2.24) is 0 Å². The Hall–Kier alpha value is -5.51. The highest BCUT2D eigenvalue weighted by molar-refractivity contribution is 6.25. The van der Waals surface area contributed by atoms with Crippen LogP contribution in [0.3, 0.4) is 0 Å². The summed E-state index contributed by atoms with van der Waals surface area (Å²) in [6.07, 6.45) is 1.63. The molecule has 0 spiro atoms. The summed E-state index contributed by atoms with van der Waals surface area (Å²) in [7, 11) is 0. The Morgan fingerprint density at radius 2 is 1.39 bits per heavy atom. The zero-order valence-electron chi connectivity index (χ0n) is 21.3. The lowest BCUT2D eigenvalue weighted by molar-refractivity contribution is -0.384. The molecular formula is C31H20N4O6. The Balaban J connectivity index is 1.49. The molecule has 4 aromatic carbocycles. The summed E-state index contributed by atoms with van der Waals surface area (Å²) < 4.78 is 0. The van der Waals surface area contributed by atoms with Crippen LogP contribution in [-0.2, 0) is 15.0 Å². The first-order chi connectivity index (χ1) is 19.8. The van der Waals surface area contributed by atoms with Gasteiger partial charge >= 0.3 is 0 Å². The summed E-state index contributed by atoms with van der Waals surface area (Å²) in [5.41, 5.74) is 1.96. The van der Waals surface area contributed by atoms with Crippen molar-refractivity contribution < 1.29 is 19.4 Å². The number of aliphatic imine (C=N–C) groups is 1. The molecule has 0 unspecified atom stereocenters. The van der Waals surface area contributed by atoms with Crippen molar-refractivity contribution >= 4 is 40.8 Å². The molecular weight excluding hydrogens is 524 g/mol. The smallest absolute Gasteiger partial charge is 0.274 e. The van der Waals surface area contributed by atoms with Crippen LogP contribution in [0.4, 0.5) is 22.7 Å². The van der Waals surface area contributed by atoms with E-state index in [9.17, 15) is 29.8 Å². The van der Waals surface area contributed by atoms with Gasteiger partial charge in [-0.15, -0.1) is 0 Å². The molecule has 10 nitrogen and oxygen atoms in total. The van der Waals surface area contributed by atoms with Gasteiger partial charge in [0.05, 0.1) is 32.8 Å². The molecule has 1 saturated heterocycles. The molecule has 8 rings (SSSR count). The highest BCUT2D eigenvalue weighted by atomic mass is 16.6. The molecule has 1 aliphatic heterocycles. The van der Waals surface area contributed by atoms with Crippen molar-refractivity contribution in [2.75, 3.05) is 4.90 Å². The Morgan fingerprint density at radius 1 is 0.756 bits per heavy atom. The van der Waals surface area contributed by atoms with E-state index in [4.69, 9.17) is 0 Å². The fourth-order valence-corrected chi connectivity index (χ4v) is 6.96. The highest BCUT2D eigenvalue weighted by Gasteiger charge is 2.68. The predicted molar refractivity (Wildman–Crippen MR) is 149 cm³/mol. The van der Waals surface area contributed by atoms with Crippen LogP contribution in [-0.4, -0.2) is 27.9 Å². The van der Waals surface area contributed by atoms with Crippen molar-refractivity contribution in [3.63, 3.8) is 0 Å². The second kappa shape index (κ2) is 8.75. The molecule has 2 amide bonds. The number of carbonyl (C=O) groups is 2. The molecule has 0 saturated carbocycles. The number of nitro benzene ring substituents is 2. The first-order valence-electron chi connectivity index (χ1n) is 12.9. The summed E-state index contributed by atoms with van der Waals surface area (Å²) in [4.78, 5) is 56.5. The van der Waals surface area contributed by atoms with Crippen molar-refractivity contribution in [3.8, 4) is 0 Å². The molecule has 2 atom stereocenters. The average molecular weight is 545 g/mol. The number of carbonyl (C=O) groups excluding carboxylic acids is 2. The van der Waals surface area contributed by atoms with Gasteiger partial charge in [0.15, 0.2) is 0 Å². The molecule has 41 heavy (non-hydrogen) atoms. The maximum Gasteiger partial charge on any atom is 0.293 e. The molecule has 200 valence electrons. The monoisotopic (exact) mass is 544 g/mol. The maximum absolute atomic E-state index is 14.4.